The zero-order valence-corrected chi connectivity index (χ0v) is 5.52. The Hall–Kier alpha value is -0.820. The molecule has 1 heteroatoms. The van der Waals surface area contributed by atoms with Crippen LogP contribution in [0.2, 0.25) is 0 Å². The van der Waals surface area contributed by atoms with Gasteiger partial charge in [-0.3, -0.25) is 5.73 Å². The van der Waals surface area contributed by atoms with Gasteiger partial charge in [0.15, 0.2) is 0 Å². The Bertz CT molecular complexity index is 176. The summed E-state index contributed by atoms with van der Waals surface area (Å²) >= 11 is 0. The summed E-state index contributed by atoms with van der Waals surface area (Å²) in [7, 11) is 0. The molecule has 1 nitrogen and oxygen atoms in total. The van der Waals surface area contributed by atoms with Crippen molar-refractivity contribution in [3.63, 3.8) is 0 Å². The van der Waals surface area contributed by atoms with Gasteiger partial charge in [-0.1, -0.05) is 29.8 Å². The lowest BCUT2D eigenvalue weighted by Gasteiger charge is -1.93. The average molecular weight is 120 g/mol. The second-order valence-electron chi connectivity index (χ2n) is 2.16. The molecule has 1 rings (SSSR count). The number of benzene rings is 1. The predicted molar refractivity (Wildman–Crippen MR) is 38.0 cm³/mol. The zero-order chi connectivity index (χ0) is 6.69. The molecule has 9 heavy (non-hydrogen) atoms. The third-order valence-electron chi connectivity index (χ3n) is 1.32. The van der Waals surface area contributed by atoms with Gasteiger partial charge >= 0.3 is 0 Å². The molecule has 0 unspecified atom stereocenters. The maximum Gasteiger partial charge on any atom is 0.0351 e. The summed E-state index contributed by atoms with van der Waals surface area (Å²) in [6, 6.07) is 8.04. The van der Waals surface area contributed by atoms with Crippen molar-refractivity contribution in [1.29, 1.82) is 0 Å². The van der Waals surface area contributed by atoms with Gasteiger partial charge in [-0.25, -0.2) is 0 Å². The van der Waals surface area contributed by atoms with E-state index in [1.54, 1.807) is 0 Å². The Morgan fingerprint density at radius 2 is 1.78 bits per heavy atom. The Balaban J connectivity index is 2.88. The third kappa shape index (κ3) is 1.54. The normalized spacial score (nSPS) is 9.56. The molecule has 0 fully saturated rings. The van der Waals surface area contributed by atoms with Gasteiger partial charge in [0.05, 0.1) is 0 Å². The summed E-state index contributed by atoms with van der Waals surface area (Å²) in [5, 5.41) is 0. The van der Waals surface area contributed by atoms with Crippen LogP contribution in [0.15, 0.2) is 24.3 Å². The van der Waals surface area contributed by atoms with Crippen molar-refractivity contribution < 1.29 is 0 Å². The first-order valence-corrected chi connectivity index (χ1v) is 3.03. The molecule has 0 aliphatic carbocycles. The minimum absolute atomic E-state index is 0.389. The number of nitrogens with one attached hydrogen (secondary N) is 1. The second kappa shape index (κ2) is 2.65. The molecule has 0 spiro atoms. The van der Waals surface area contributed by atoms with E-state index in [0.29, 0.717) is 6.54 Å². The lowest BCUT2D eigenvalue weighted by atomic mass is 10.2. The van der Waals surface area contributed by atoms with E-state index in [1.165, 1.54) is 5.56 Å². The fourth-order valence-corrected chi connectivity index (χ4v) is 0.706. The summed E-state index contributed by atoms with van der Waals surface area (Å²) in [6.07, 6.45) is 0. The van der Waals surface area contributed by atoms with E-state index in [4.69, 9.17) is 5.73 Å². The van der Waals surface area contributed by atoms with E-state index in [-0.39, 0.29) is 0 Å². The molecule has 0 atom stereocenters. The van der Waals surface area contributed by atoms with Gasteiger partial charge in [0.25, 0.3) is 0 Å². The van der Waals surface area contributed by atoms with E-state index in [0.717, 1.165) is 5.56 Å². The van der Waals surface area contributed by atoms with Crippen LogP contribution in [0.25, 0.3) is 0 Å². The lowest BCUT2D eigenvalue weighted by molar-refractivity contribution is 1.03. The summed E-state index contributed by atoms with van der Waals surface area (Å²) in [5.74, 6) is 0. The van der Waals surface area contributed by atoms with E-state index >= 15 is 0 Å². The van der Waals surface area contributed by atoms with E-state index in [9.17, 15) is 0 Å². The van der Waals surface area contributed by atoms with Crippen LogP contribution in [0.4, 0.5) is 0 Å². The van der Waals surface area contributed by atoms with Crippen LogP contribution in [0.3, 0.4) is 0 Å². The zero-order valence-electron chi connectivity index (χ0n) is 5.52. The summed E-state index contributed by atoms with van der Waals surface area (Å²) in [5.41, 5.74) is 9.35. The first kappa shape index (κ1) is 6.30. The quantitative estimate of drug-likeness (QED) is 0.539. The standard InChI is InChI=1S/C8H10N/c1-7-2-4-8(6-9)5-3-7/h2-5,9H,6H2,1H3. The summed E-state index contributed by atoms with van der Waals surface area (Å²) in [4.78, 5) is 0. The fourth-order valence-electron chi connectivity index (χ4n) is 0.706. The minimum atomic E-state index is 0.389. The van der Waals surface area contributed by atoms with Crippen molar-refractivity contribution in [3.8, 4) is 0 Å². The number of hydrogen-bond acceptors (Lipinski definition) is 0. The molecule has 1 aromatic carbocycles. The van der Waals surface area contributed by atoms with Gasteiger partial charge in [-0.05, 0) is 12.5 Å². The van der Waals surface area contributed by atoms with Crippen LogP contribution in [0, 0.1) is 6.92 Å². The second-order valence-corrected chi connectivity index (χ2v) is 2.16. The summed E-state index contributed by atoms with van der Waals surface area (Å²) < 4.78 is 0. The molecule has 0 bridgehead atoms. The lowest BCUT2D eigenvalue weighted by Crippen LogP contribution is -1.82. The maximum atomic E-state index is 7.01. The van der Waals surface area contributed by atoms with Crippen LogP contribution >= 0.6 is 0 Å². The van der Waals surface area contributed by atoms with Gasteiger partial charge in [-0.15, -0.1) is 0 Å². The molecule has 1 aromatic rings. The highest BCUT2D eigenvalue weighted by Gasteiger charge is 1.85. The molecule has 0 aromatic heterocycles. The van der Waals surface area contributed by atoms with Gasteiger partial charge in [0, 0.05) is 6.54 Å². The molecule has 0 heterocycles. The van der Waals surface area contributed by atoms with Crippen LogP contribution in [0.5, 0.6) is 0 Å². The van der Waals surface area contributed by atoms with Crippen molar-refractivity contribution in [2.75, 3.05) is 0 Å². The van der Waals surface area contributed by atoms with E-state index < -0.39 is 0 Å². The van der Waals surface area contributed by atoms with Crippen LogP contribution in [0.1, 0.15) is 11.1 Å². The van der Waals surface area contributed by atoms with Crippen LogP contribution in [-0.2, 0) is 6.54 Å². The van der Waals surface area contributed by atoms with Crippen molar-refractivity contribution in [2.45, 2.75) is 13.5 Å². The molecule has 0 saturated heterocycles. The molecule has 0 amide bonds. The van der Waals surface area contributed by atoms with E-state index in [1.807, 2.05) is 31.2 Å². The highest BCUT2D eigenvalue weighted by Crippen LogP contribution is 2.01. The van der Waals surface area contributed by atoms with Crippen molar-refractivity contribution >= 4 is 0 Å². The molecule has 47 valence electrons. The van der Waals surface area contributed by atoms with Crippen molar-refractivity contribution in [1.82, 2.24) is 5.73 Å². The van der Waals surface area contributed by atoms with Crippen LogP contribution < -0.4 is 5.73 Å². The van der Waals surface area contributed by atoms with Crippen molar-refractivity contribution in [3.05, 3.63) is 35.4 Å². The number of aryl methyl sites for hydroxylation is 1. The Labute approximate surface area is 55.5 Å². The van der Waals surface area contributed by atoms with Gasteiger partial charge in [0.2, 0.25) is 0 Å². The van der Waals surface area contributed by atoms with Crippen LogP contribution in [-0.4, -0.2) is 0 Å². The minimum Gasteiger partial charge on any atom is -0.253 e. The maximum absolute atomic E-state index is 7.01. The Kier molecular flexibility index (Phi) is 1.85. The molecular formula is C8H10N. The first-order chi connectivity index (χ1) is 4.33. The van der Waals surface area contributed by atoms with Crippen molar-refractivity contribution in [2.24, 2.45) is 0 Å². The predicted octanol–water partition coefficient (Wildman–Crippen LogP) is 1.78. The topological polar surface area (TPSA) is 23.8 Å². The first-order valence-electron chi connectivity index (χ1n) is 3.03. The van der Waals surface area contributed by atoms with E-state index in [2.05, 4.69) is 0 Å². The largest absolute Gasteiger partial charge is 0.253 e. The average Bonchev–Trinajstić information content (AvgIpc) is 1.90. The SMILES string of the molecule is Cc1ccc(C[NH])cc1. The fraction of sp³-hybridized carbons (Fsp3) is 0.250. The highest BCUT2D eigenvalue weighted by molar-refractivity contribution is 5.20. The number of rotatable bonds is 1. The molecule has 0 saturated carbocycles. The number of hydrogen-bond donors (Lipinski definition) is 0. The monoisotopic (exact) mass is 120 g/mol. The van der Waals surface area contributed by atoms with Gasteiger partial charge in [-0.2, -0.15) is 0 Å². The molecule has 0 aliphatic rings. The molecule has 0 aliphatic heterocycles. The molecule has 1 radical (unpaired) electrons. The smallest absolute Gasteiger partial charge is 0.0351 e. The third-order valence-corrected chi connectivity index (χ3v) is 1.32. The van der Waals surface area contributed by atoms with Gasteiger partial charge in [0.1, 0.15) is 0 Å². The summed E-state index contributed by atoms with van der Waals surface area (Å²) in [6.45, 7) is 2.44. The highest BCUT2D eigenvalue weighted by atomic mass is 14.5. The molecule has 1 N–H and O–H groups in total. The Morgan fingerprint density at radius 1 is 1.22 bits per heavy atom. The molecular weight excluding hydrogens is 110 g/mol. The Morgan fingerprint density at radius 3 is 2.22 bits per heavy atom. The van der Waals surface area contributed by atoms with Gasteiger partial charge < -0.3 is 0 Å².